The third-order valence-corrected chi connectivity index (χ3v) is 4.87. The molecule has 1 amide bonds. The molecule has 0 aliphatic heterocycles. The molecule has 0 atom stereocenters. The zero-order chi connectivity index (χ0) is 21.8. The Balaban J connectivity index is 1.45. The third kappa shape index (κ3) is 4.13. The van der Waals surface area contributed by atoms with Gasteiger partial charge in [-0.25, -0.2) is 5.01 Å². The summed E-state index contributed by atoms with van der Waals surface area (Å²) in [6.45, 7) is 0. The first-order valence-corrected chi connectivity index (χ1v) is 10.0. The quantitative estimate of drug-likeness (QED) is 0.358. The van der Waals surface area contributed by atoms with Gasteiger partial charge in [0.25, 0.3) is 5.91 Å². The van der Waals surface area contributed by atoms with Crippen LogP contribution in [0.4, 0.5) is 11.4 Å². The molecule has 156 valence electrons. The van der Waals surface area contributed by atoms with Crippen LogP contribution in [-0.2, 0) is 0 Å². The lowest BCUT2D eigenvalue weighted by Crippen LogP contribution is -2.36. The van der Waals surface area contributed by atoms with Crippen molar-refractivity contribution >= 4 is 28.2 Å². The van der Waals surface area contributed by atoms with Gasteiger partial charge in [-0.15, -0.1) is 0 Å². The summed E-state index contributed by atoms with van der Waals surface area (Å²) in [6.07, 6.45) is 4.93. The number of hydrogen-bond acceptors (Lipinski definition) is 5. The van der Waals surface area contributed by atoms with Crippen molar-refractivity contribution in [2.45, 2.75) is 0 Å². The lowest BCUT2D eigenvalue weighted by molar-refractivity contribution is 0.0992. The van der Waals surface area contributed by atoms with E-state index in [1.54, 1.807) is 30.7 Å². The summed E-state index contributed by atoms with van der Waals surface area (Å²) in [5.41, 5.74) is 5.94. The van der Waals surface area contributed by atoms with E-state index in [0.29, 0.717) is 17.0 Å². The van der Waals surface area contributed by atoms with E-state index in [4.69, 9.17) is 4.74 Å². The Labute approximate surface area is 184 Å². The topological polar surface area (TPSA) is 83.1 Å². The smallest absolute Gasteiger partial charge is 0.278 e. The molecule has 3 aromatic carbocycles. The monoisotopic (exact) mass is 421 g/mol. The number of nitrogens with zero attached hydrogens (tertiary/aromatic N) is 3. The number of hydrazine groups is 1. The van der Waals surface area contributed by atoms with E-state index in [1.807, 2.05) is 72.8 Å². The van der Waals surface area contributed by atoms with E-state index in [-0.39, 0.29) is 5.91 Å². The highest BCUT2D eigenvalue weighted by atomic mass is 16.5. The Morgan fingerprint density at radius 3 is 2.47 bits per heavy atom. The van der Waals surface area contributed by atoms with E-state index >= 15 is 0 Å². The van der Waals surface area contributed by atoms with Gasteiger partial charge in [0.1, 0.15) is 11.5 Å². The number of pyridine rings is 1. The number of rotatable bonds is 6. The average Bonchev–Trinajstić information content (AvgIpc) is 3.32. The molecular formula is C25H19N5O2. The van der Waals surface area contributed by atoms with Crippen LogP contribution in [0, 0.1) is 0 Å². The first-order valence-electron chi connectivity index (χ1n) is 10.0. The summed E-state index contributed by atoms with van der Waals surface area (Å²) in [5, 5.41) is 9.47. The molecule has 0 fully saturated rings. The van der Waals surface area contributed by atoms with Gasteiger partial charge in [0.15, 0.2) is 0 Å². The van der Waals surface area contributed by atoms with Gasteiger partial charge in [-0.05, 0) is 66.7 Å². The molecule has 0 spiro atoms. The molecule has 2 heterocycles. The van der Waals surface area contributed by atoms with Gasteiger partial charge < -0.3 is 4.74 Å². The fourth-order valence-corrected chi connectivity index (χ4v) is 3.27. The van der Waals surface area contributed by atoms with Crippen molar-refractivity contribution in [3.63, 3.8) is 0 Å². The summed E-state index contributed by atoms with van der Waals surface area (Å²) in [4.78, 5) is 17.4. The maximum atomic E-state index is 13.3. The predicted octanol–water partition coefficient (Wildman–Crippen LogP) is 5.42. The number of ether oxygens (including phenoxy) is 1. The Morgan fingerprint density at radius 1 is 0.875 bits per heavy atom. The molecule has 5 aromatic rings. The van der Waals surface area contributed by atoms with Crippen molar-refractivity contribution in [3.05, 3.63) is 109 Å². The number of carbonyl (C=O) groups excluding carboxylic acids is 1. The number of benzene rings is 3. The number of aromatic amines is 1. The van der Waals surface area contributed by atoms with Crippen LogP contribution >= 0.6 is 0 Å². The molecule has 0 aliphatic carbocycles. The first-order chi connectivity index (χ1) is 15.8. The molecule has 0 saturated carbocycles. The van der Waals surface area contributed by atoms with Crippen LogP contribution in [0.2, 0.25) is 0 Å². The van der Waals surface area contributed by atoms with Crippen molar-refractivity contribution < 1.29 is 9.53 Å². The van der Waals surface area contributed by atoms with Gasteiger partial charge in [0, 0.05) is 17.8 Å². The second kappa shape index (κ2) is 8.61. The number of aromatic nitrogens is 3. The number of para-hydroxylation sites is 1. The van der Waals surface area contributed by atoms with E-state index < -0.39 is 0 Å². The minimum atomic E-state index is -0.237. The molecule has 7 heteroatoms. The fourth-order valence-electron chi connectivity index (χ4n) is 3.27. The number of amides is 1. The number of nitrogens with one attached hydrogen (secondary N) is 2. The molecular weight excluding hydrogens is 402 g/mol. The van der Waals surface area contributed by atoms with Crippen LogP contribution in [0.25, 0.3) is 10.9 Å². The third-order valence-electron chi connectivity index (χ3n) is 4.87. The molecule has 0 unspecified atom stereocenters. The highest BCUT2D eigenvalue weighted by molar-refractivity contribution is 6.07. The zero-order valence-electron chi connectivity index (χ0n) is 17.0. The molecule has 0 bridgehead atoms. The molecule has 5 rings (SSSR count). The largest absolute Gasteiger partial charge is 0.457 e. The zero-order valence-corrected chi connectivity index (χ0v) is 17.0. The maximum absolute atomic E-state index is 13.3. The summed E-state index contributed by atoms with van der Waals surface area (Å²) >= 11 is 0. The highest BCUT2D eigenvalue weighted by Crippen LogP contribution is 2.26. The minimum Gasteiger partial charge on any atom is -0.457 e. The molecule has 32 heavy (non-hydrogen) atoms. The summed E-state index contributed by atoms with van der Waals surface area (Å²) in [5.74, 6) is 1.18. The molecule has 0 radical (unpaired) electrons. The van der Waals surface area contributed by atoms with Crippen molar-refractivity contribution in [2.75, 3.05) is 10.4 Å². The Morgan fingerprint density at radius 2 is 1.69 bits per heavy atom. The SMILES string of the molecule is O=C(c1cccnc1)N(Nc1ccc2cn[nH]c2c1)c1ccc(Oc2ccccc2)cc1. The van der Waals surface area contributed by atoms with Crippen LogP contribution in [0.3, 0.4) is 0 Å². The van der Waals surface area contributed by atoms with Gasteiger partial charge in [-0.2, -0.15) is 5.10 Å². The van der Waals surface area contributed by atoms with E-state index in [9.17, 15) is 4.79 Å². The second-order valence-corrected chi connectivity index (χ2v) is 7.08. The van der Waals surface area contributed by atoms with Crippen LogP contribution in [0.15, 0.2) is 104 Å². The first kappa shape index (κ1) is 19.3. The van der Waals surface area contributed by atoms with E-state index in [0.717, 1.165) is 22.3 Å². The van der Waals surface area contributed by atoms with Gasteiger partial charge in [-0.1, -0.05) is 18.2 Å². The molecule has 2 N–H and O–H groups in total. The van der Waals surface area contributed by atoms with Gasteiger partial charge >= 0.3 is 0 Å². The Bertz CT molecular complexity index is 1340. The van der Waals surface area contributed by atoms with E-state index in [2.05, 4.69) is 20.6 Å². The standard InChI is InChI=1S/C25H19N5O2/c31-25(19-5-4-14-26-16-19)30(29-20-9-8-18-17-27-28-24(18)15-20)21-10-12-23(13-11-21)32-22-6-2-1-3-7-22/h1-17,29H,(H,27,28). The molecule has 2 aromatic heterocycles. The lowest BCUT2D eigenvalue weighted by atomic mass is 10.2. The Hall–Kier alpha value is -4.65. The number of fused-ring (bicyclic) bond motifs is 1. The molecule has 0 saturated heterocycles. The number of hydrogen-bond donors (Lipinski definition) is 2. The van der Waals surface area contributed by atoms with Crippen molar-refractivity contribution in [3.8, 4) is 11.5 Å². The number of H-pyrrole nitrogens is 1. The normalized spacial score (nSPS) is 10.6. The second-order valence-electron chi connectivity index (χ2n) is 7.08. The maximum Gasteiger partial charge on any atom is 0.278 e. The highest BCUT2D eigenvalue weighted by Gasteiger charge is 2.19. The average molecular weight is 421 g/mol. The summed E-state index contributed by atoms with van der Waals surface area (Å²) in [7, 11) is 0. The van der Waals surface area contributed by atoms with Crippen LogP contribution in [0.5, 0.6) is 11.5 Å². The summed E-state index contributed by atoms with van der Waals surface area (Å²) in [6, 6.07) is 26.0. The predicted molar refractivity (Wildman–Crippen MR) is 124 cm³/mol. The van der Waals surface area contributed by atoms with Crippen molar-refractivity contribution in [1.29, 1.82) is 0 Å². The Kier molecular flexibility index (Phi) is 5.20. The van der Waals surface area contributed by atoms with Crippen LogP contribution in [-0.4, -0.2) is 21.1 Å². The summed E-state index contributed by atoms with van der Waals surface area (Å²) < 4.78 is 5.87. The van der Waals surface area contributed by atoms with Gasteiger partial charge in [-0.3, -0.25) is 20.3 Å². The minimum absolute atomic E-state index is 0.237. The number of carbonyl (C=O) groups is 1. The molecule has 0 aliphatic rings. The lowest BCUT2D eigenvalue weighted by Gasteiger charge is -2.25. The van der Waals surface area contributed by atoms with Gasteiger partial charge in [0.2, 0.25) is 0 Å². The number of anilines is 2. The fraction of sp³-hybridized carbons (Fsp3) is 0. The van der Waals surface area contributed by atoms with Crippen LogP contribution in [0.1, 0.15) is 10.4 Å². The molecule has 7 nitrogen and oxygen atoms in total. The van der Waals surface area contributed by atoms with Crippen LogP contribution < -0.4 is 15.2 Å². The van der Waals surface area contributed by atoms with Crippen molar-refractivity contribution in [1.82, 2.24) is 15.2 Å². The van der Waals surface area contributed by atoms with Gasteiger partial charge in [0.05, 0.1) is 28.7 Å². The van der Waals surface area contributed by atoms with Crippen molar-refractivity contribution in [2.24, 2.45) is 0 Å². The van der Waals surface area contributed by atoms with E-state index in [1.165, 1.54) is 5.01 Å².